The molecule has 0 aromatic carbocycles. The van der Waals surface area contributed by atoms with Gasteiger partial charge in [-0.15, -0.1) is 0 Å². The van der Waals surface area contributed by atoms with Gasteiger partial charge >= 0.3 is 5.97 Å². The summed E-state index contributed by atoms with van der Waals surface area (Å²) in [7, 11) is 0. The summed E-state index contributed by atoms with van der Waals surface area (Å²) in [4.78, 5) is 26.6. The summed E-state index contributed by atoms with van der Waals surface area (Å²) in [6, 6.07) is 3.36. The van der Waals surface area contributed by atoms with Gasteiger partial charge in [0.05, 0.1) is 11.1 Å². The highest BCUT2D eigenvalue weighted by Gasteiger charge is 2.20. The molecular formula is C24H33BrF2N6O3. The van der Waals surface area contributed by atoms with Crippen LogP contribution in [-0.4, -0.2) is 82.8 Å². The smallest absolute Gasteiger partial charge is 0.326 e. The Labute approximate surface area is 218 Å². The van der Waals surface area contributed by atoms with Gasteiger partial charge in [0.15, 0.2) is 0 Å². The number of hydrogen-bond acceptors (Lipinski definition) is 8. The molecule has 1 aliphatic heterocycles. The van der Waals surface area contributed by atoms with Crippen molar-refractivity contribution in [1.82, 2.24) is 19.9 Å². The minimum absolute atomic E-state index is 0.158. The highest BCUT2D eigenvalue weighted by Crippen LogP contribution is 2.21. The van der Waals surface area contributed by atoms with E-state index in [2.05, 4.69) is 53.6 Å². The van der Waals surface area contributed by atoms with E-state index in [4.69, 9.17) is 9.72 Å². The maximum Gasteiger partial charge on any atom is 0.326 e. The maximum absolute atomic E-state index is 12.4. The number of nitrogens with one attached hydrogen (secondary N) is 2. The highest BCUT2D eigenvalue weighted by atomic mass is 79.9. The number of carboxylic acid groups (broad SMARTS) is 1. The molecule has 1 aliphatic rings. The molecule has 0 saturated carbocycles. The van der Waals surface area contributed by atoms with Crippen molar-refractivity contribution in [1.29, 1.82) is 0 Å². The SMILES string of the molecule is O=C(O)C(CCN(CCCCc1ccc2c(n1)NCCC2)CCOCC(F)F)Nc1ncncc1Br. The molecule has 3 rings (SSSR count). The number of hydrogen-bond donors (Lipinski definition) is 3. The van der Waals surface area contributed by atoms with Crippen molar-refractivity contribution in [3.05, 3.63) is 40.4 Å². The molecule has 0 spiro atoms. The van der Waals surface area contributed by atoms with Crippen molar-refractivity contribution < 1.29 is 23.4 Å². The summed E-state index contributed by atoms with van der Waals surface area (Å²) in [6.45, 7) is 2.11. The summed E-state index contributed by atoms with van der Waals surface area (Å²) in [5, 5.41) is 16.0. The van der Waals surface area contributed by atoms with Gasteiger partial charge in [0.2, 0.25) is 0 Å². The molecule has 0 aliphatic carbocycles. The maximum atomic E-state index is 12.4. The quantitative estimate of drug-likeness (QED) is 0.259. The number of anilines is 2. The average Bonchev–Trinajstić information content (AvgIpc) is 2.86. The van der Waals surface area contributed by atoms with Gasteiger partial charge in [-0.3, -0.25) is 0 Å². The van der Waals surface area contributed by atoms with E-state index in [0.717, 1.165) is 50.2 Å². The van der Waals surface area contributed by atoms with Crippen LogP contribution in [-0.2, 0) is 22.4 Å². The van der Waals surface area contributed by atoms with Crippen molar-refractivity contribution in [3.63, 3.8) is 0 Å². The van der Waals surface area contributed by atoms with E-state index in [1.165, 1.54) is 18.1 Å². The van der Waals surface area contributed by atoms with E-state index < -0.39 is 25.0 Å². The Kier molecular flexibility index (Phi) is 11.7. The van der Waals surface area contributed by atoms with Crippen LogP contribution in [0, 0.1) is 0 Å². The van der Waals surface area contributed by atoms with Gasteiger partial charge in [-0.1, -0.05) is 6.07 Å². The van der Waals surface area contributed by atoms with Crippen molar-refractivity contribution >= 4 is 33.5 Å². The van der Waals surface area contributed by atoms with Crippen LogP contribution in [0.2, 0.25) is 0 Å². The van der Waals surface area contributed by atoms with Crippen LogP contribution >= 0.6 is 15.9 Å². The van der Waals surface area contributed by atoms with Crippen LogP contribution in [0.3, 0.4) is 0 Å². The Morgan fingerprint density at radius 3 is 2.92 bits per heavy atom. The molecule has 198 valence electrons. The average molecular weight is 571 g/mol. The van der Waals surface area contributed by atoms with Crippen LogP contribution in [0.5, 0.6) is 0 Å². The molecular weight excluding hydrogens is 538 g/mol. The number of aliphatic carboxylic acids is 1. The van der Waals surface area contributed by atoms with Gasteiger partial charge in [-0.2, -0.15) is 0 Å². The fourth-order valence-electron chi connectivity index (χ4n) is 4.00. The van der Waals surface area contributed by atoms with E-state index in [9.17, 15) is 18.7 Å². The fourth-order valence-corrected chi connectivity index (χ4v) is 4.34. The van der Waals surface area contributed by atoms with Crippen molar-refractivity contribution in [2.75, 3.05) is 50.0 Å². The number of nitrogens with zero attached hydrogens (tertiary/aromatic N) is 4. The first-order valence-corrected chi connectivity index (χ1v) is 13.0. The van der Waals surface area contributed by atoms with Crippen LogP contribution in [0.25, 0.3) is 0 Å². The van der Waals surface area contributed by atoms with Crippen LogP contribution in [0.4, 0.5) is 20.4 Å². The third kappa shape index (κ3) is 9.55. The second-order valence-corrected chi connectivity index (χ2v) is 9.50. The molecule has 9 nitrogen and oxygen atoms in total. The molecule has 1 atom stereocenters. The number of ether oxygens (including phenoxy) is 1. The summed E-state index contributed by atoms with van der Waals surface area (Å²) >= 11 is 3.31. The fraction of sp³-hybridized carbons (Fsp3) is 0.583. The number of alkyl halides is 2. The molecule has 0 amide bonds. The first-order chi connectivity index (χ1) is 17.4. The molecule has 0 fully saturated rings. The van der Waals surface area contributed by atoms with Crippen LogP contribution in [0.1, 0.15) is 36.9 Å². The molecule has 3 N–H and O–H groups in total. The Bertz CT molecular complexity index is 971. The lowest BCUT2D eigenvalue weighted by atomic mass is 10.1. The predicted molar refractivity (Wildman–Crippen MR) is 137 cm³/mol. The normalized spacial score (nSPS) is 13.9. The monoisotopic (exact) mass is 570 g/mol. The van der Waals surface area contributed by atoms with Crippen molar-refractivity contribution in [2.45, 2.75) is 51.0 Å². The van der Waals surface area contributed by atoms with Gasteiger partial charge in [0.1, 0.15) is 30.6 Å². The summed E-state index contributed by atoms with van der Waals surface area (Å²) in [5.74, 6) is 0.386. The Morgan fingerprint density at radius 2 is 2.14 bits per heavy atom. The standard InChI is InChI=1S/C24H33BrF2N6O3/c25-19-14-28-16-30-23(19)32-20(24(34)35)8-11-33(12-13-36-15-21(26)27)10-2-1-5-18-7-6-17-4-3-9-29-22(17)31-18/h6-7,14,16,20-21H,1-5,8-13,15H2,(H,29,31)(H,34,35)(H,28,30,32). The molecule has 2 aromatic rings. The second-order valence-electron chi connectivity index (χ2n) is 8.65. The van der Waals surface area contributed by atoms with E-state index in [1.54, 1.807) is 0 Å². The largest absolute Gasteiger partial charge is 0.480 e. The summed E-state index contributed by atoms with van der Waals surface area (Å²) < 4.78 is 30.5. The van der Waals surface area contributed by atoms with Crippen molar-refractivity contribution in [3.8, 4) is 0 Å². The van der Waals surface area contributed by atoms with E-state index in [1.807, 2.05) is 0 Å². The van der Waals surface area contributed by atoms with Crippen molar-refractivity contribution in [2.24, 2.45) is 0 Å². The van der Waals surface area contributed by atoms with E-state index >= 15 is 0 Å². The molecule has 12 heteroatoms. The summed E-state index contributed by atoms with van der Waals surface area (Å²) in [6.07, 6.45) is 5.46. The van der Waals surface area contributed by atoms with Crippen LogP contribution in [0.15, 0.2) is 29.1 Å². The lowest BCUT2D eigenvalue weighted by molar-refractivity contribution is -0.138. The first kappa shape index (κ1) is 28.1. The molecule has 0 radical (unpaired) electrons. The van der Waals surface area contributed by atoms with Crippen LogP contribution < -0.4 is 10.6 Å². The Hall–Kier alpha value is -2.44. The first-order valence-electron chi connectivity index (χ1n) is 12.2. The third-order valence-corrected chi connectivity index (χ3v) is 6.50. The van der Waals surface area contributed by atoms with E-state index in [0.29, 0.717) is 36.3 Å². The third-order valence-electron chi connectivity index (χ3n) is 5.92. The number of carboxylic acids is 1. The molecule has 0 saturated heterocycles. The zero-order valence-corrected chi connectivity index (χ0v) is 21.7. The minimum Gasteiger partial charge on any atom is -0.480 e. The van der Waals surface area contributed by atoms with Gasteiger partial charge < -0.3 is 25.4 Å². The van der Waals surface area contributed by atoms with Gasteiger partial charge in [0, 0.05) is 31.5 Å². The number of pyridine rings is 1. The van der Waals surface area contributed by atoms with Gasteiger partial charge in [-0.05, 0) is 72.6 Å². The van der Waals surface area contributed by atoms with Gasteiger partial charge in [-0.25, -0.2) is 28.5 Å². The molecule has 2 aromatic heterocycles. The zero-order valence-electron chi connectivity index (χ0n) is 20.1. The highest BCUT2D eigenvalue weighted by molar-refractivity contribution is 9.10. The lowest BCUT2D eigenvalue weighted by Gasteiger charge is -2.24. The minimum atomic E-state index is -2.51. The molecule has 0 bridgehead atoms. The molecule has 3 heterocycles. The number of aryl methyl sites for hydroxylation is 2. The van der Waals surface area contributed by atoms with Gasteiger partial charge in [0.25, 0.3) is 6.43 Å². The Balaban J connectivity index is 1.50. The lowest BCUT2D eigenvalue weighted by Crippen LogP contribution is -2.37. The topological polar surface area (TPSA) is 112 Å². The second kappa shape index (κ2) is 15.0. The predicted octanol–water partition coefficient (Wildman–Crippen LogP) is 3.85. The molecule has 1 unspecified atom stereocenters. The number of halogens is 3. The van der Waals surface area contributed by atoms with E-state index in [-0.39, 0.29) is 6.61 Å². The number of unbranched alkanes of at least 4 members (excludes halogenated alkanes) is 1. The zero-order chi connectivity index (χ0) is 25.8. The number of fused-ring (bicyclic) bond motifs is 1. The number of carbonyl (C=O) groups is 1. The molecule has 36 heavy (non-hydrogen) atoms. The Morgan fingerprint density at radius 1 is 1.28 bits per heavy atom. The number of aromatic nitrogens is 3. The summed E-state index contributed by atoms with van der Waals surface area (Å²) in [5.41, 5.74) is 2.30. The number of rotatable bonds is 16.